The highest BCUT2D eigenvalue weighted by Gasteiger charge is 2.25. The van der Waals surface area contributed by atoms with Crippen molar-refractivity contribution >= 4 is 0 Å². The Kier molecular flexibility index (Phi) is 4.13. The maximum Gasteiger partial charge on any atom is 0.123 e. The third kappa shape index (κ3) is 3.27. The molecule has 0 radical (unpaired) electrons. The molecule has 0 amide bonds. The topological polar surface area (TPSA) is 15.3 Å². The van der Waals surface area contributed by atoms with E-state index in [4.69, 9.17) is 0 Å². The molecule has 1 aliphatic rings. The molecule has 0 saturated carbocycles. The van der Waals surface area contributed by atoms with Crippen molar-refractivity contribution in [2.24, 2.45) is 0 Å². The lowest BCUT2D eigenvalue weighted by molar-refractivity contribution is 0.112. The van der Waals surface area contributed by atoms with Gasteiger partial charge in [-0.1, -0.05) is 12.1 Å². The summed E-state index contributed by atoms with van der Waals surface area (Å²) in [4.78, 5) is 2.50. The molecule has 1 saturated heterocycles. The van der Waals surface area contributed by atoms with Crippen molar-refractivity contribution in [2.75, 3.05) is 19.6 Å². The minimum absolute atomic E-state index is 0.135. The predicted molar refractivity (Wildman–Crippen MR) is 68.6 cm³/mol. The Morgan fingerprint density at radius 2 is 2.18 bits per heavy atom. The van der Waals surface area contributed by atoms with Gasteiger partial charge in [-0.15, -0.1) is 0 Å². The van der Waals surface area contributed by atoms with Gasteiger partial charge in [0.05, 0.1) is 0 Å². The zero-order valence-corrected chi connectivity index (χ0v) is 10.6. The van der Waals surface area contributed by atoms with E-state index in [2.05, 4.69) is 24.1 Å². The SMILES string of the molecule is CC(C)N(CCc1cccc(F)c1)C1CNC1. The van der Waals surface area contributed by atoms with Crippen LogP contribution in [0.1, 0.15) is 19.4 Å². The fraction of sp³-hybridized carbons (Fsp3) is 0.571. The summed E-state index contributed by atoms with van der Waals surface area (Å²) in [6.07, 6.45) is 0.923. The highest BCUT2D eigenvalue weighted by atomic mass is 19.1. The summed E-state index contributed by atoms with van der Waals surface area (Å²) in [6.45, 7) is 7.63. The summed E-state index contributed by atoms with van der Waals surface area (Å²) in [5, 5.41) is 3.30. The van der Waals surface area contributed by atoms with Crippen molar-refractivity contribution in [2.45, 2.75) is 32.4 Å². The van der Waals surface area contributed by atoms with Gasteiger partial charge in [0.25, 0.3) is 0 Å². The molecule has 0 spiro atoms. The van der Waals surface area contributed by atoms with Gasteiger partial charge < -0.3 is 5.32 Å². The van der Waals surface area contributed by atoms with Gasteiger partial charge in [-0.25, -0.2) is 4.39 Å². The standard InChI is InChI=1S/C14H21FN2/c1-11(2)17(14-9-16-10-14)7-6-12-4-3-5-13(15)8-12/h3-5,8,11,14,16H,6-7,9-10H2,1-2H3. The van der Waals surface area contributed by atoms with Crippen LogP contribution in [0.4, 0.5) is 4.39 Å². The number of nitrogens with one attached hydrogen (secondary N) is 1. The van der Waals surface area contributed by atoms with Crippen LogP contribution in [0, 0.1) is 5.82 Å². The van der Waals surface area contributed by atoms with Crippen LogP contribution in [0.15, 0.2) is 24.3 Å². The number of halogens is 1. The third-order valence-corrected chi connectivity index (χ3v) is 3.44. The van der Waals surface area contributed by atoms with Crippen LogP contribution in [0.3, 0.4) is 0 Å². The fourth-order valence-corrected chi connectivity index (χ4v) is 2.32. The molecular formula is C14H21FN2. The number of hydrogen-bond donors (Lipinski definition) is 1. The van der Waals surface area contributed by atoms with Crippen molar-refractivity contribution in [1.29, 1.82) is 0 Å². The molecule has 1 aromatic rings. The molecule has 2 rings (SSSR count). The third-order valence-electron chi connectivity index (χ3n) is 3.44. The first-order valence-electron chi connectivity index (χ1n) is 6.37. The molecule has 2 nitrogen and oxygen atoms in total. The first-order chi connectivity index (χ1) is 8.16. The van der Waals surface area contributed by atoms with Gasteiger partial charge in [-0.2, -0.15) is 0 Å². The maximum absolute atomic E-state index is 13.1. The molecule has 0 atom stereocenters. The minimum Gasteiger partial charge on any atom is -0.314 e. The van der Waals surface area contributed by atoms with Crippen molar-refractivity contribution in [3.8, 4) is 0 Å². The number of benzene rings is 1. The van der Waals surface area contributed by atoms with E-state index in [1.54, 1.807) is 12.1 Å². The van der Waals surface area contributed by atoms with Gasteiger partial charge in [-0.05, 0) is 38.0 Å². The van der Waals surface area contributed by atoms with Gasteiger partial charge in [0.1, 0.15) is 5.82 Å². The first-order valence-corrected chi connectivity index (χ1v) is 6.37. The summed E-state index contributed by atoms with van der Waals surface area (Å²) < 4.78 is 13.1. The second kappa shape index (κ2) is 5.61. The highest BCUT2D eigenvalue weighted by molar-refractivity contribution is 5.16. The number of rotatable bonds is 5. The van der Waals surface area contributed by atoms with Crippen LogP contribution in [0.2, 0.25) is 0 Å². The Labute approximate surface area is 103 Å². The molecule has 1 aliphatic heterocycles. The Morgan fingerprint density at radius 3 is 2.71 bits per heavy atom. The molecule has 0 bridgehead atoms. The van der Waals surface area contributed by atoms with Gasteiger partial charge in [0.2, 0.25) is 0 Å². The minimum atomic E-state index is -0.135. The molecule has 1 fully saturated rings. The Hall–Kier alpha value is -0.930. The monoisotopic (exact) mass is 236 g/mol. The van der Waals surface area contributed by atoms with Crippen molar-refractivity contribution in [3.05, 3.63) is 35.6 Å². The van der Waals surface area contributed by atoms with Crippen molar-refractivity contribution in [1.82, 2.24) is 10.2 Å². The predicted octanol–water partition coefficient (Wildman–Crippen LogP) is 2.05. The van der Waals surface area contributed by atoms with Crippen LogP contribution < -0.4 is 5.32 Å². The quantitative estimate of drug-likeness (QED) is 0.841. The molecule has 0 unspecified atom stereocenters. The molecule has 1 aromatic carbocycles. The molecule has 3 heteroatoms. The largest absolute Gasteiger partial charge is 0.314 e. The van der Waals surface area contributed by atoms with E-state index in [1.165, 1.54) is 6.07 Å². The Morgan fingerprint density at radius 1 is 1.41 bits per heavy atom. The van der Waals surface area contributed by atoms with E-state index in [0.717, 1.165) is 31.6 Å². The molecule has 1 N–H and O–H groups in total. The zero-order valence-electron chi connectivity index (χ0n) is 10.6. The Bertz CT molecular complexity index is 361. The average molecular weight is 236 g/mol. The average Bonchev–Trinajstić information content (AvgIpc) is 2.21. The van der Waals surface area contributed by atoms with Crippen LogP contribution in [0.25, 0.3) is 0 Å². The summed E-state index contributed by atoms with van der Waals surface area (Å²) in [7, 11) is 0. The summed E-state index contributed by atoms with van der Waals surface area (Å²) in [6, 6.07) is 8.13. The number of hydrogen-bond acceptors (Lipinski definition) is 2. The zero-order chi connectivity index (χ0) is 12.3. The van der Waals surface area contributed by atoms with Crippen molar-refractivity contribution in [3.63, 3.8) is 0 Å². The van der Waals surface area contributed by atoms with Crippen LogP contribution >= 0.6 is 0 Å². The van der Waals surface area contributed by atoms with Gasteiger partial charge in [-0.3, -0.25) is 4.90 Å². The van der Waals surface area contributed by atoms with E-state index in [1.807, 2.05) is 6.07 Å². The van der Waals surface area contributed by atoms with E-state index < -0.39 is 0 Å². The molecule has 94 valence electrons. The van der Waals surface area contributed by atoms with Crippen molar-refractivity contribution < 1.29 is 4.39 Å². The first kappa shape index (κ1) is 12.5. The lowest BCUT2D eigenvalue weighted by Crippen LogP contribution is -2.59. The van der Waals surface area contributed by atoms with Crippen LogP contribution in [-0.2, 0) is 6.42 Å². The normalized spacial score (nSPS) is 16.5. The molecule has 1 heterocycles. The van der Waals surface area contributed by atoms with Gasteiger partial charge >= 0.3 is 0 Å². The second-order valence-corrected chi connectivity index (χ2v) is 5.02. The second-order valence-electron chi connectivity index (χ2n) is 5.02. The number of nitrogens with zero attached hydrogens (tertiary/aromatic N) is 1. The van der Waals surface area contributed by atoms with E-state index in [0.29, 0.717) is 12.1 Å². The highest BCUT2D eigenvalue weighted by Crippen LogP contribution is 2.12. The lowest BCUT2D eigenvalue weighted by Gasteiger charge is -2.40. The maximum atomic E-state index is 13.1. The van der Waals surface area contributed by atoms with Gasteiger partial charge in [0.15, 0.2) is 0 Å². The lowest BCUT2D eigenvalue weighted by atomic mass is 10.1. The molecule has 0 aromatic heterocycles. The van der Waals surface area contributed by atoms with Gasteiger partial charge in [0, 0.05) is 31.7 Å². The molecule has 17 heavy (non-hydrogen) atoms. The smallest absolute Gasteiger partial charge is 0.123 e. The van der Waals surface area contributed by atoms with E-state index >= 15 is 0 Å². The Balaban J connectivity index is 1.90. The molecule has 0 aliphatic carbocycles. The van der Waals surface area contributed by atoms with Crippen LogP contribution in [-0.4, -0.2) is 36.6 Å². The van der Waals surface area contributed by atoms with E-state index in [9.17, 15) is 4.39 Å². The fourth-order valence-electron chi connectivity index (χ4n) is 2.32. The summed E-state index contributed by atoms with van der Waals surface area (Å²) in [5.74, 6) is -0.135. The van der Waals surface area contributed by atoms with E-state index in [-0.39, 0.29) is 5.82 Å². The van der Waals surface area contributed by atoms with Crippen LogP contribution in [0.5, 0.6) is 0 Å². The molecular weight excluding hydrogens is 215 g/mol. The summed E-state index contributed by atoms with van der Waals surface area (Å²) in [5.41, 5.74) is 1.09. The summed E-state index contributed by atoms with van der Waals surface area (Å²) >= 11 is 0.